The van der Waals surface area contributed by atoms with Crippen LogP contribution in [0.2, 0.25) is 0 Å². The fourth-order valence-electron chi connectivity index (χ4n) is 1.74. The van der Waals surface area contributed by atoms with Gasteiger partial charge in [-0.15, -0.1) is 0 Å². The van der Waals surface area contributed by atoms with E-state index in [4.69, 9.17) is 0 Å². The third-order valence-electron chi connectivity index (χ3n) is 2.11. The third-order valence-corrected chi connectivity index (χ3v) is 7.58. The van der Waals surface area contributed by atoms with Crippen molar-refractivity contribution in [1.82, 2.24) is 10.2 Å². The van der Waals surface area contributed by atoms with Crippen LogP contribution in [0.25, 0.3) is 0 Å². The predicted octanol–water partition coefficient (Wildman–Crippen LogP) is 3.02. The van der Waals surface area contributed by atoms with E-state index in [9.17, 15) is 0 Å². The van der Waals surface area contributed by atoms with Crippen LogP contribution in [-0.4, -0.2) is 26.2 Å². The average Bonchev–Trinajstić information content (AvgIpc) is 2.13. The minimum absolute atomic E-state index is 0.0626. The molecule has 18 heavy (non-hydrogen) atoms. The van der Waals surface area contributed by atoms with Gasteiger partial charge in [0.2, 0.25) is 0 Å². The first-order valence-corrected chi connectivity index (χ1v) is 10.3. The molecule has 0 amide bonds. The fraction of sp³-hybridized carbons (Fsp3) is 0.571. The molecule has 0 saturated carbocycles. The van der Waals surface area contributed by atoms with Gasteiger partial charge in [0.25, 0.3) is 0 Å². The van der Waals surface area contributed by atoms with Gasteiger partial charge >= 0.3 is 119 Å². The molecular formula is C14H25N2PSe. The van der Waals surface area contributed by atoms with E-state index in [0.717, 1.165) is 0 Å². The van der Waals surface area contributed by atoms with Crippen LogP contribution < -0.4 is 15.5 Å². The van der Waals surface area contributed by atoms with E-state index >= 15 is 0 Å². The predicted molar refractivity (Wildman–Crippen MR) is 84.5 cm³/mol. The topological polar surface area (TPSA) is 24.1 Å². The van der Waals surface area contributed by atoms with E-state index in [2.05, 4.69) is 97.1 Å². The Morgan fingerprint density at radius 1 is 0.833 bits per heavy atom. The third kappa shape index (κ3) is 5.38. The molecule has 2 nitrogen and oxygen atoms in total. The average molecular weight is 331 g/mol. The summed E-state index contributed by atoms with van der Waals surface area (Å²) in [7, 11) is 0. The molecule has 0 spiro atoms. The number of nitrogens with one attached hydrogen (secondary N) is 2. The van der Waals surface area contributed by atoms with Crippen LogP contribution in [0.4, 0.5) is 0 Å². The Morgan fingerprint density at radius 3 is 1.56 bits per heavy atom. The van der Waals surface area contributed by atoms with E-state index in [0.29, 0.717) is 0 Å². The molecule has 4 heteroatoms. The molecule has 0 aliphatic heterocycles. The Labute approximate surface area is 119 Å². The Hall–Kier alpha value is 0.0895. The first-order chi connectivity index (χ1) is 8.02. The zero-order valence-corrected chi connectivity index (χ0v) is 14.8. The Morgan fingerprint density at radius 2 is 1.22 bits per heavy atom. The first kappa shape index (κ1) is 16.1. The van der Waals surface area contributed by atoms with Crippen molar-refractivity contribution in [3.63, 3.8) is 0 Å². The van der Waals surface area contributed by atoms with Gasteiger partial charge in [-0.3, -0.25) is 0 Å². The van der Waals surface area contributed by atoms with Crippen LogP contribution in [0.1, 0.15) is 41.5 Å². The van der Waals surface area contributed by atoms with E-state index in [1.54, 1.807) is 0 Å². The van der Waals surface area contributed by atoms with E-state index in [1.165, 1.54) is 5.30 Å². The molecular weight excluding hydrogens is 306 g/mol. The molecule has 102 valence electrons. The Bertz CT molecular complexity index is 409. The van der Waals surface area contributed by atoms with Crippen LogP contribution in [0.15, 0.2) is 30.3 Å². The van der Waals surface area contributed by atoms with E-state index < -0.39 is 5.81 Å². The van der Waals surface area contributed by atoms with Crippen LogP contribution in [-0.2, 0) is 0 Å². The number of hydrogen-bond donors (Lipinski definition) is 2. The molecule has 0 atom stereocenters. The van der Waals surface area contributed by atoms with Crippen LogP contribution in [0.5, 0.6) is 0 Å². The molecule has 0 fully saturated rings. The van der Waals surface area contributed by atoms with Gasteiger partial charge in [-0.2, -0.15) is 0 Å². The maximum absolute atomic E-state index is 3.75. The SMILES string of the molecule is CC(C)(C)NP(=[Se])(NC(C)(C)C)c1ccccc1. The van der Waals surface area contributed by atoms with Gasteiger partial charge in [0.1, 0.15) is 0 Å². The normalized spacial score (nSPS) is 13.7. The van der Waals surface area contributed by atoms with Crippen molar-refractivity contribution in [2.75, 3.05) is 0 Å². The molecule has 1 rings (SSSR count). The summed E-state index contributed by atoms with van der Waals surface area (Å²) in [4.78, 5) is 0. The van der Waals surface area contributed by atoms with Crippen molar-refractivity contribution in [2.24, 2.45) is 0 Å². The Balaban J connectivity index is 3.14. The van der Waals surface area contributed by atoms with Gasteiger partial charge in [0.05, 0.1) is 0 Å². The summed E-state index contributed by atoms with van der Waals surface area (Å²) in [6, 6.07) is 10.6. The summed E-state index contributed by atoms with van der Waals surface area (Å²) in [5.41, 5.74) is 0.125. The molecule has 0 aromatic heterocycles. The summed E-state index contributed by atoms with van der Waals surface area (Å²) in [5, 5.41) is 8.81. The quantitative estimate of drug-likeness (QED) is 0.657. The van der Waals surface area contributed by atoms with Crippen LogP contribution >= 0.6 is 5.81 Å². The van der Waals surface area contributed by atoms with Gasteiger partial charge in [-0.05, 0) is 0 Å². The summed E-state index contributed by atoms with van der Waals surface area (Å²) in [6.45, 7) is 13.2. The second-order valence-electron chi connectivity index (χ2n) is 6.67. The molecule has 0 heterocycles. The van der Waals surface area contributed by atoms with Crippen LogP contribution in [0, 0.1) is 0 Å². The summed E-state index contributed by atoms with van der Waals surface area (Å²) >= 11 is 3.41. The zero-order valence-electron chi connectivity index (χ0n) is 12.2. The second kappa shape index (κ2) is 5.61. The summed E-state index contributed by atoms with van der Waals surface area (Å²) in [6.07, 6.45) is 0. The minimum atomic E-state index is -1.69. The van der Waals surface area contributed by atoms with Crippen LogP contribution in [0.3, 0.4) is 0 Å². The standard InChI is InChI=1S/C14H25N2PSe/c1-13(2,3)15-17(18,16-14(4,5)6)12-10-8-7-9-11-12/h7-11H,1-6H3,(H2,15,16,18). The van der Waals surface area contributed by atoms with Crippen molar-refractivity contribution < 1.29 is 0 Å². The summed E-state index contributed by atoms with van der Waals surface area (Å²) in [5.74, 6) is -1.69. The van der Waals surface area contributed by atoms with Crippen molar-refractivity contribution >= 4 is 26.2 Å². The second-order valence-corrected chi connectivity index (χ2v) is 12.3. The number of benzene rings is 1. The number of hydrogen-bond acceptors (Lipinski definition) is 2. The van der Waals surface area contributed by atoms with Gasteiger partial charge in [0, 0.05) is 0 Å². The first-order valence-electron chi connectivity index (χ1n) is 6.26. The maximum atomic E-state index is 3.75. The molecule has 1 aromatic rings. The Kier molecular flexibility index (Phi) is 5.03. The molecule has 0 aliphatic rings. The molecule has 1 aromatic carbocycles. The van der Waals surface area contributed by atoms with Crippen molar-refractivity contribution in [3.8, 4) is 0 Å². The molecule has 0 bridgehead atoms. The van der Waals surface area contributed by atoms with Crippen molar-refractivity contribution in [1.29, 1.82) is 0 Å². The summed E-state index contributed by atoms with van der Waals surface area (Å²) < 4.78 is 0. The van der Waals surface area contributed by atoms with Gasteiger partial charge in [0.15, 0.2) is 0 Å². The van der Waals surface area contributed by atoms with Crippen molar-refractivity contribution in [3.05, 3.63) is 30.3 Å². The molecule has 0 aliphatic carbocycles. The zero-order chi connectivity index (χ0) is 14.0. The van der Waals surface area contributed by atoms with Gasteiger partial charge < -0.3 is 0 Å². The molecule has 2 N–H and O–H groups in total. The van der Waals surface area contributed by atoms with Gasteiger partial charge in [-0.25, -0.2) is 0 Å². The number of rotatable bonds is 3. The van der Waals surface area contributed by atoms with Crippen molar-refractivity contribution in [2.45, 2.75) is 52.6 Å². The monoisotopic (exact) mass is 332 g/mol. The molecule has 0 saturated heterocycles. The van der Waals surface area contributed by atoms with Gasteiger partial charge in [-0.1, -0.05) is 0 Å². The van der Waals surface area contributed by atoms with E-state index in [1.807, 2.05) is 0 Å². The molecule has 0 radical (unpaired) electrons. The fourth-order valence-corrected chi connectivity index (χ4v) is 8.75. The molecule has 0 unspecified atom stereocenters. The van der Waals surface area contributed by atoms with E-state index in [-0.39, 0.29) is 11.1 Å².